The molecule has 168 valence electrons. The minimum absolute atomic E-state index is 0.0115. The summed E-state index contributed by atoms with van der Waals surface area (Å²) in [6, 6.07) is 14.9. The van der Waals surface area contributed by atoms with Gasteiger partial charge in [0.1, 0.15) is 22.9 Å². The van der Waals surface area contributed by atoms with Crippen LogP contribution in [0.25, 0.3) is 33.5 Å². The van der Waals surface area contributed by atoms with Gasteiger partial charge in [-0.2, -0.15) is 0 Å². The first-order chi connectivity index (χ1) is 16.4. The molecule has 0 bridgehead atoms. The number of hydrogen-bond acceptors (Lipinski definition) is 7. The summed E-state index contributed by atoms with van der Waals surface area (Å²) in [5.74, 6) is 0.479. The van der Waals surface area contributed by atoms with E-state index in [0.717, 1.165) is 0 Å². The van der Waals surface area contributed by atoms with Gasteiger partial charge >= 0.3 is 5.63 Å². The van der Waals surface area contributed by atoms with Gasteiger partial charge in [0.2, 0.25) is 0 Å². The number of halogens is 1. The summed E-state index contributed by atoms with van der Waals surface area (Å²) in [6.45, 7) is 1.74. The fourth-order valence-electron chi connectivity index (χ4n) is 3.85. The standard InChI is InChI=1S/C26H18ClN3O4/c1-14-29-13-16(24(30-14)19-12-17(27)6-8-22(19)31)11-20-23(32)7-5-15-10-18(26(33)34-25(15)20)21-4-2-3-9-28-21/h2-10,12-13,31-32H,11H2,1H3. The van der Waals surface area contributed by atoms with Crippen LogP contribution in [0.4, 0.5) is 0 Å². The number of rotatable bonds is 4. The molecule has 0 aliphatic rings. The molecule has 3 heterocycles. The number of fused-ring (bicyclic) bond motifs is 1. The number of nitrogens with zero attached hydrogens (tertiary/aromatic N) is 3. The molecule has 0 saturated carbocycles. The molecule has 2 aromatic carbocycles. The summed E-state index contributed by atoms with van der Waals surface area (Å²) in [7, 11) is 0. The highest BCUT2D eigenvalue weighted by molar-refractivity contribution is 6.31. The van der Waals surface area contributed by atoms with Gasteiger partial charge in [-0.15, -0.1) is 0 Å². The van der Waals surface area contributed by atoms with E-state index in [2.05, 4.69) is 15.0 Å². The lowest BCUT2D eigenvalue weighted by Crippen LogP contribution is -2.06. The van der Waals surface area contributed by atoms with E-state index < -0.39 is 5.63 Å². The fraction of sp³-hybridized carbons (Fsp3) is 0.0769. The Labute approximate surface area is 199 Å². The summed E-state index contributed by atoms with van der Waals surface area (Å²) in [5.41, 5.74) is 2.44. The van der Waals surface area contributed by atoms with Crippen LogP contribution in [0.15, 0.2) is 76.2 Å². The first kappa shape index (κ1) is 21.6. The van der Waals surface area contributed by atoms with E-state index >= 15 is 0 Å². The second-order valence-corrected chi connectivity index (χ2v) is 8.21. The largest absolute Gasteiger partial charge is 0.508 e. The quantitative estimate of drug-likeness (QED) is 0.343. The number of hydrogen-bond donors (Lipinski definition) is 2. The van der Waals surface area contributed by atoms with Gasteiger partial charge in [0.15, 0.2) is 0 Å². The number of benzene rings is 2. The van der Waals surface area contributed by atoms with Gasteiger partial charge in [0.25, 0.3) is 0 Å². The highest BCUT2D eigenvalue weighted by Crippen LogP contribution is 2.36. The van der Waals surface area contributed by atoms with E-state index in [1.54, 1.807) is 67.8 Å². The lowest BCUT2D eigenvalue weighted by molar-refractivity contribution is 0.466. The fourth-order valence-corrected chi connectivity index (χ4v) is 4.02. The molecule has 0 atom stereocenters. The van der Waals surface area contributed by atoms with Crippen LogP contribution in [-0.4, -0.2) is 25.2 Å². The van der Waals surface area contributed by atoms with Gasteiger partial charge in [0, 0.05) is 45.9 Å². The van der Waals surface area contributed by atoms with Crippen molar-refractivity contribution >= 4 is 22.6 Å². The van der Waals surface area contributed by atoms with E-state index in [1.165, 1.54) is 6.07 Å². The van der Waals surface area contributed by atoms with Crippen molar-refractivity contribution in [1.29, 1.82) is 0 Å². The smallest absolute Gasteiger partial charge is 0.345 e. The summed E-state index contributed by atoms with van der Waals surface area (Å²) >= 11 is 6.16. The third-order valence-corrected chi connectivity index (χ3v) is 5.72. The minimum atomic E-state index is -0.564. The predicted molar refractivity (Wildman–Crippen MR) is 129 cm³/mol. The third kappa shape index (κ3) is 3.97. The van der Waals surface area contributed by atoms with Gasteiger partial charge in [-0.05, 0) is 55.5 Å². The maximum absolute atomic E-state index is 12.8. The Bertz CT molecular complexity index is 1600. The maximum Gasteiger partial charge on any atom is 0.345 e. The molecule has 2 N–H and O–H groups in total. The lowest BCUT2D eigenvalue weighted by atomic mass is 9.97. The van der Waals surface area contributed by atoms with E-state index in [-0.39, 0.29) is 23.5 Å². The molecule has 5 aromatic rings. The second-order valence-electron chi connectivity index (χ2n) is 7.77. The molecule has 0 aliphatic heterocycles. The van der Waals surface area contributed by atoms with Crippen LogP contribution in [-0.2, 0) is 6.42 Å². The Hall–Kier alpha value is -4.23. The van der Waals surface area contributed by atoms with Gasteiger partial charge in [-0.25, -0.2) is 14.8 Å². The Kier molecular flexibility index (Phi) is 5.47. The Morgan fingerprint density at radius 1 is 0.971 bits per heavy atom. The van der Waals surface area contributed by atoms with Crippen molar-refractivity contribution in [1.82, 2.24) is 15.0 Å². The number of phenols is 2. The molecule has 5 rings (SSSR count). The van der Waals surface area contributed by atoms with Gasteiger partial charge in [0.05, 0.1) is 17.0 Å². The Morgan fingerprint density at radius 2 is 1.79 bits per heavy atom. The first-order valence-corrected chi connectivity index (χ1v) is 10.8. The van der Waals surface area contributed by atoms with Gasteiger partial charge in [-0.3, -0.25) is 4.98 Å². The predicted octanol–water partition coefficient (Wildman–Crippen LogP) is 5.28. The van der Waals surface area contributed by atoms with Crippen LogP contribution in [0.1, 0.15) is 17.0 Å². The molecule has 34 heavy (non-hydrogen) atoms. The van der Waals surface area contributed by atoms with Crippen molar-refractivity contribution in [3.8, 4) is 34.0 Å². The zero-order valence-electron chi connectivity index (χ0n) is 18.0. The monoisotopic (exact) mass is 471 g/mol. The number of aromatic hydroxyl groups is 2. The SMILES string of the molecule is Cc1ncc(Cc2c(O)ccc3cc(-c4ccccn4)c(=O)oc23)c(-c2cc(Cl)ccc2O)n1. The van der Waals surface area contributed by atoms with Gasteiger partial charge in [-0.1, -0.05) is 17.7 Å². The zero-order chi connectivity index (χ0) is 23.8. The second kappa shape index (κ2) is 8.61. The molecular weight excluding hydrogens is 454 g/mol. The van der Waals surface area contributed by atoms with Crippen molar-refractivity contribution in [2.24, 2.45) is 0 Å². The first-order valence-electron chi connectivity index (χ1n) is 10.4. The van der Waals surface area contributed by atoms with E-state index in [4.69, 9.17) is 16.0 Å². The van der Waals surface area contributed by atoms with Crippen LogP contribution in [0.2, 0.25) is 5.02 Å². The number of aromatic nitrogens is 3. The average molecular weight is 472 g/mol. The minimum Gasteiger partial charge on any atom is -0.508 e. The molecule has 0 spiro atoms. The molecule has 0 saturated heterocycles. The normalized spacial score (nSPS) is 11.1. The molecule has 0 unspecified atom stereocenters. The van der Waals surface area contributed by atoms with Crippen LogP contribution in [0, 0.1) is 6.92 Å². The summed E-state index contributed by atoms with van der Waals surface area (Å²) in [6.07, 6.45) is 3.37. The zero-order valence-corrected chi connectivity index (χ0v) is 18.7. The number of phenolic OH excluding ortho intramolecular Hbond substituents is 2. The molecule has 7 nitrogen and oxygen atoms in total. The Balaban J connectivity index is 1.67. The molecule has 0 fully saturated rings. The lowest BCUT2D eigenvalue weighted by Gasteiger charge is -2.13. The van der Waals surface area contributed by atoms with Crippen LogP contribution < -0.4 is 5.63 Å². The van der Waals surface area contributed by atoms with Crippen LogP contribution in [0.5, 0.6) is 11.5 Å². The van der Waals surface area contributed by atoms with E-state index in [9.17, 15) is 15.0 Å². The molecule has 0 amide bonds. The topological polar surface area (TPSA) is 109 Å². The summed E-state index contributed by atoms with van der Waals surface area (Å²) < 4.78 is 5.68. The molecule has 3 aromatic heterocycles. The highest BCUT2D eigenvalue weighted by Gasteiger charge is 2.19. The molecule has 8 heteroatoms. The Morgan fingerprint density at radius 3 is 2.59 bits per heavy atom. The van der Waals surface area contributed by atoms with Crippen LogP contribution in [0.3, 0.4) is 0 Å². The number of pyridine rings is 1. The summed E-state index contributed by atoms with van der Waals surface area (Å²) in [4.78, 5) is 25.8. The van der Waals surface area contributed by atoms with Crippen molar-refractivity contribution in [3.63, 3.8) is 0 Å². The van der Waals surface area contributed by atoms with E-state index in [1.807, 2.05) is 0 Å². The van der Waals surface area contributed by atoms with Crippen molar-refractivity contribution in [3.05, 3.63) is 99.4 Å². The van der Waals surface area contributed by atoms with Gasteiger partial charge < -0.3 is 14.6 Å². The van der Waals surface area contributed by atoms with Crippen molar-refractivity contribution in [2.75, 3.05) is 0 Å². The highest BCUT2D eigenvalue weighted by atomic mass is 35.5. The van der Waals surface area contributed by atoms with Crippen LogP contribution >= 0.6 is 11.6 Å². The maximum atomic E-state index is 12.8. The van der Waals surface area contributed by atoms with Crippen molar-refractivity contribution < 1.29 is 14.6 Å². The molecule has 0 radical (unpaired) electrons. The van der Waals surface area contributed by atoms with Crippen molar-refractivity contribution in [2.45, 2.75) is 13.3 Å². The third-order valence-electron chi connectivity index (χ3n) is 5.49. The summed E-state index contributed by atoms with van der Waals surface area (Å²) in [5, 5.41) is 22.2. The molecular formula is C26H18ClN3O4. The number of aryl methyl sites for hydroxylation is 1. The average Bonchev–Trinajstić information content (AvgIpc) is 2.84. The van der Waals surface area contributed by atoms with E-state index in [0.29, 0.717) is 49.9 Å². The molecule has 0 aliphatic carbocycles.